The van der Waals surface area contributed by atoms with Crippen molar-refractivity contribution in [2.24, 2.45) is 13.0 Å². The van der Waals surface area contributed by atoms with E-state index in [0.29, 0.717) is 6.54 Å². The first-order chi connectivity index (χ1) is 9.10. The van der Waals surface area contributed by atoms with Crippen molar-refractivity contribution in [1.29, 1.82) is 0 Å². The summed E-state index contributed by atoms with van der Waals surface area (Å²) in [4.78, 5) is 14.5. The van der Waals surface area contributed by atoms with Gasteiger partial charge in [0, 0.05) is 13.0 Å². The van der Waals surface area contributed by atoms with E-state index in [1.165, 1.54) is 0 Å². The van der Waals surface area contributed by atoms with Crippen molar-refractivity contribution in [3.63, 3.8) is 0 Å². The molecule has 106 valence electrons. The molecule has 5 heteroatoms. The van der Waals surface area contributed by atoms with Crippen LogP contribution in [0, 0.1) is 12.8 Å². The van der Waals surface area contributed by atoms with Crippen LogP contribution in [0.4, 0.5) is 0 Å². The number of carbonyl (C=O) groups is 1. The smallest absolute Gasteiger partial charge is 0.223 e. The molecule has 1 amide bonds. The van der Waals surface area contributed by atoms with Gasteiger partial charge in [0.2, 0.25) is 5.91 Å². The normalized spacial score (nSPS) is 17.6. The van der Waals surface area contributed by atoms with Crippen LogP contribution in [0.5, 0.6) is 0 Å². The van der Waals surface area contributed by atoms with Crippen LogP contribution < -0.4 is 5.32 Å². The van der Waals surface area contributed by atoms with E-state index in [-0.39, 0.29) is 11.8 Å². The predicted octanol–water partition coefficient (Wildman–Crippen LogP) is 1.08. The molecular weight excluding hydrogens is 240 g/mol. The SMILES string of the molecule is CCN1CCC(C(=O)NCc2cc(C)nn2C)CC1. The van der Waals surface area contributed by atoms with Crippen LogP contribution in [0.1, 0.15) is 31.2 Å². The van der Waals surface area contributed by atoms with E-state index >= 15 is 0 Å². The van der Waals surface area contributed by atoms with Gasteiger partial charge in [0.05, 0.1) is 17.9 Å². The Hall–Kier alpha value is -1.36. The minimum absolute atomic E-state index is 0.178. The van der Waals surface area contributed by atoms with Gasteiger partial charge in [-0.15, -0.1) is 0 Å². The van der Waals surface area contributed by atoms with Gasteiger partial charge in [-0.3, -0.25) is 9.48 Å². The molecule has 0 unspecified atom stereocenters. The molecule has 0 saturated carbocycles. The van der Waals surface area contributed by atoms with Gasteiger partial charge >= 0.3 is 0 Å². The van der Waals surface area contributed by atoms with Crippen LogP contribution in [0.2, 0.25) is 0 Å². The van der Waals surface area contributed by atoms with Crippen molar-refractivity contribution in [3.05, 3.63) is 17.5 Å². The topological polar surface area (TPSA) is 50.2 Å². The van der Waals surface area contributed by atoms with Gasteiger partial charge in [-0.25, -0.2) is 0 Å². The van der Waals surface area contributed by atoms with Gasteiger partial charge in [-0.1, -0.05) is 6.92 Å². The summed E-state index contributed by atoms with van der Waals surface area (Å²) in [6.45, 7) is 7.88. The fourth-order valence-electron chi connectivity index (χ4n) is 2.66. The number of nitrogens with zero attached hydrogens (tertiary/aromatic N) is 3. The molecular formula is C14H24N4O. The summed E-state index contributed by atoms with van der Waals surface area (Å²) in [6.07, 6.45) is 1.95. The van der Waals surface area contributed by atoms with Crippen molar-refractivity contribution in [2.45, 2.75) is 33.2 Å². The molecule has 2 rings (SSSR count). The molecule has 0 aliphatic carbocycles. The lowest BCUT2D eigenvalue weighted by molar-refractivity contribution is -0.126. The van der Waals surface area contributed by atoms with Crippen LogP contribution in [0.25, 0.3) is 0 Å². The number of amides is 1. The number of rotatable bonds is 4. The van der Waals surface area contributed by atoms with Crippen LogP contribution in [-0.4, -0.2) is 40.2 Å². The Labute approximate surface area is 115 Å². The minimum Gasteiger partial charge on any atom is -0.350 e. The van der Waals surface area contributed by atoms with E-state index in [0.717, 1.165) is 43.9 Å². The molecule has 5 nitrogen and oxygen atoms in total. The first-order valence-corrected chi connectivity index (χ1v) is 7.09. The van der Waals surface area contributed by atoms with Gasteiger partial charge in [0.1, 0.15) is 0 Å². The maximum Gasteiger partial charge on any atom is 0.223 e. The molecule has 1 aliphatic heterocycles. The summed E-state index contributed by atoms with van der Waals surface area (Å²) in [6, 6.07) is 2.01. The van der Waals surface area contributed by atoms with E-state index in [1.807, 2.05) is 24.7 Å². The number of aryl methyl sites for hydroxylation is 2. The summed E-state index contributed by atoms with van der Waals surface area (Å²) >= 11 is 0. The zero-order chi connectivity index (χ0) is 13.8. The van der Waals surface area contributed by atoms with Crippen molar-refractivity contribution in [3.8, 4) is 0 Å². The molecule has 1 aromatic rings. The van der Waals surface area contributed by atoms with E-state index in [4.69, 9.17) is 0 Å². The molecule has 1 aliphatic rings. The molecule has 19 heavy (non-hydrogen) atoms. The summed E-state index contributed by atoms with van der Waals surface area (Å²) in [7, 11) is 1.91. The van der Waals surface area contributed by atoms with Gasteiger partial charge in [0.25, 0.3) is 0 Å². The van der Waals surface area contributed by atoms with Crippen LogP contribution >= 0.6 is 0 Å². The molecule has 0 aromatic carbocycles. The van der Waals surface area contributed by atoms with Crippen LogP contribution in [-0.2, 0) is 18.4 Å². The summed E-state index contributed by atoms with van der Waals surface area (Å²) in [5.74, 6) is 0.367. The third-order valence-electron chi connectivity index (χ3n) is 3.95. The molecule has 1 N–H and O–H groups in total. The lowest BCUT2D eigenvalue weighted by Crippen LogP contribution is -2.40. The molecule has 0 spiro atoms. The molecule has 1 saturated heterocycles. The van der Waals surface area contributed by atoms with Crippen molar-refractivity contribution < 1.29 is 4.79 Å². The van der Waals surface area contributed by atoms with E-state index < -0.39 is 0 Å². The number of nitrogens with one attached hydrogen (secondary N) is 1. The highest BCUT2D eigenvalue weighted by Crippen LogP contribution is 2.17. The first kappa shape index (κ1) is 14.1. The third-order valence-corrected chi connectivity index (χ3v) is 3.95. The number of likely N-dealkylation sites (tertiary alicyclic amines) is 1. The highest BCUT2D eigenvalue weighted by Gasteiger charge is 2.24. The average molecular weight is 264 g/mol. The zero-order valence-electron chi connectivity index (χ0n) is 12.1. The molecule has 1 fully saturated rings. The van der Waals surface area contributed by atoms with Crippen LogP contribution in [0.3, 0.4) is 0 Å². The average Bonchev–Trinajstić information content (AvgIpc) is 2.74. The fraction of sp³-hybridized carbons (Fsp3) is 0.714. The van der Waals surface area contributed by atoms with Gasteiger partial charge < -0.3 is 10.2 Å². The molecule has 1 aromatic heterocycles. The standard InChI is InChI=1S/C14H24N4O/c1-4-18-7-5-12(6-8-18)14(19)15-10-13-9-11(2)16-17(13)3/h9,12H,4-8,10H2,1-3H3,(H,15,19). The molecule has 2 heterocycles. The second-order valence-corrected chi connectivity index (χ2v) is 5.33. The van der Waals surface area contributed by atoms with Crippen LogP contribution in [0.15, 0.2) is 6.07 Å². The largest absolute Gasteiger partial charge is 0.350 e. The Bertz CT molecular complexity index is 433. The Morgan fingerprint density at radius 2 is 2.16 bits per heavy atom. The third kappa shape index (κ3) is 3.56. The van der Waals surface area contributed by atoms with Gasteiger partial charge in [-0.05, 0) is 45.5 Å². The first-order valence-electron chi connectivity index (χ1n) is 7.09. The Morgan fingerprint density at radius 1 is 1.47 bits per heavy atom. The number of hydrogen-bond donors (Lipinski definition) is 1. The van der Waals surface area contributed by atoms with E-state index in [1.54, 1.807) is 0 Å². The quantitative estimate of drug-likeness (QED) is 0.885. The molecule has 0 bridgehead atoms. The molecule has 0 atom stereocenters. The number of aromatic nitrogens is 2. The van der Waals surface area contributed by atoms with Crippen molar-refractivity contribution in [2.75, 3.05) is 19.6 Å². The second-order valence-electron chi connectivity index (χ2n) is 5.33. The van der Waals surface area contributed by atoms with Crippen molar-refractivity contribution >= 4 is 5.91 Å². The van der Waals surface area contributed by atoms with Gasteiger partial charge in [-0.2, -0.15) is 5.10 Å². The predicted molar refractivity (Wildman–Crippen MR) is 74.6 cm³/mol. The summed E-state index contributed by atoms with van der Waals surface area (Å²) in [5, 5.41) is 7.32. The number of piperidine rings is 1. The monoisotopic (exact) mass is 264 g/mol. The maximum atomic E-state index is 12.1. The second kappa shape index (κ2) is 6.19. The summed E-state index contributed by atoms with van der Waals surface area (Å²) < 4.78 is 1.83. The molecule has 0 radical (unpaired) electrons. The van der Waals surface area contributed by atoms with Crippen molar-refractivity contribution in [1.82, 2.24) is 20.0 Å². The fourth-order valence-corrected chi connectivity index (χ4v) is 2.66. The number of hydrogen-bond acceptors (Lipinski definition) is 3. The Morgan fingerprint density at radius 3 is 2.68 bits per heavy atom. The summed E-state index contributed by atoms with van der Waals surface area (Å²) in [5.41, 5.74) is 2.04. The highest BCUT2D eigenvalue weighted by atomic mass is 16.1. The lowest BCUT2D eigenvalue weighted by Gasteiger charge is -2.30. The van der Waals surface area contributed by atoms with E-state index in [2.05, 4.69) is 22.2 Å². The van der Waals surface area contributed by atoms with E-state index in [9.17, 15) is 4.79 Å². The number of carbonyl (C=O) groups excluding carboxylic acids is 1. The zero-order valence-corrected chi connectivity index (χ0v) is 12.1. The Balaban J connectivity index is 1.80. The van der Waals surface area contributed by atoms with Gasteiger partial charge in [0.15, 0.2) is 0 Å². The highest BCUT2D eigenvalue weighted by molar-refractivity contribution is 5.78. The lowest BCUT2D eigenvalue weighted by atomic mass is 9.96. The maximum absolute atomic E-state index is 12.1. The Kier molecular flexibility index (Phi) is 4.58. The minimum atomic E-state index is 0.178.